The molecule has 1 radical (unpaired) electrons. The van der Waals surface area contributed by atoms with Crippen molar-refractivity contribution in [3.63, 3.8) is 0 Å². The molecule has 2 nitrogen and oxygen atoms in total. The third-order valence-corrected chi connectivity index (χ3v) is 6.22. The standard InChI is InChI=1S/C16H17N2Se/c17-9-13-1-2-14(18-15(13)19)16-6-10-3-11(7-16)5-12(4-10)8-16/h1-2,10-12H,3-8H2. The molecule has 0 spiro atoms. The molecule has 4 fully saturated rings. The zero-order valence-corrected chi connectivity index (χ0v) is 12.6. The predicted octanol–water partition coefficient (Wildman–Crippen LogP) is 2.21. The number of nitriles is 1. The van der Waals surface area contributed by atoms with Crippen LogP contribution in [0.2, 0.25) is 0 Å². The van der Waals surface area contributed by atoms with Gasteiger partial charge in [-0.3, -0.25) is 0 Å². The topological polar surface area (TPSA) is 36.7 Å². The van der Waals surface area contributed by atoms with E-state index in [1.54, 1.807) is 0 Å². The molecule has 19 heavy (non-hydrogen) atoms. The van der Waals surface area contributed by atoms with Crippen LogP contribution in [0.25, 0.3) is 0 Å². The van der Waals surface area contributed by atoms with Gasteiger partial charge < -0.3 is 0 Å². The van der Waals surface area contributed by atoms with Crippen LogP contribution in [0.4, 0.5) is 0 Å². The fourth-order valence-corrected chi connectivity index (χ4v) is 5.69. The summed E-state index contributed by atoms with van der Waals surface area (Å²) in [6, 6.07) is 6.27. The van der Waals surface area contributed by atoms with Crippen LogP contribution in [0.15, 0.2) is 12.1 Å². The average molecular weight is 316 g/mol. The van der Waals surface area contributed by atoms with Crippen molar-refractivity contribution < 1.29 is 0 Å². The SMILES string of the molecule is N#Cc1ccc(C23CC4CC(CC(C4)C2)C3)nc1[Se]. The Balaban J connectivity index is 1.76. The van der Waals surface area contributed by atoms with Crippen molar-refractivity contribution in [2.75, 3.05) is 0 Å². The van der Waals surface area contributed by atoms with E-state index in [2.05, 4.69) is 28.1 Å². The number of pyridine rings is 1. The van der Waals surface area contributed by atoms with Crippen LogP contribution in [0.5, 0.6) is 0 Å². The molecule has 0 amide bonds. The van der Waals surface area contributed by atoms with Crippen molar-refractivity contribution in [2.45, 2.75) is 43.9 Å². The van der Waals surface area contributed by atoms with Crippen molar-refractivity contribution in [1.82, 2.24) is 4.98 Å². The predicted molar refractivity (Wildman–Crippen MR) is 74.2 cm³/mol. The summed E-state index contributed by atoms with van der Waals surface area (Å²) >= 11 is 2.96. The second-order valence-electron chi connectivity index (χ2n) is 6.86. The minimum absolute atomic E-state index is 0.335. The van der Waals surface area contributed by atoms with Gasteiger partial charge in [-0.25, -0.2) is 0 Å². The molecule has 0 aromatic carbocycles. The van der Waals surface area contributed by atoms with Crippen LogP contribution in [0.3, 0.4) is 0 Å². The Morgan fingerprint density at radius 3 is 2.16 bits per heavy atom. The normalized spacial score (nSPS) is 39.2. The Hall–Kier alpha value is -0.841. The molecule has 0 saturated heterocycles. The van der Waals surface area contributed by atoms with E-state index in [4.69, 9.17) is 10.2 Å². The first-order chi connectivity index (χ1) is 9.18. The summed E-state index contributed by atoms with van der Waals surface area (Å²) in [6.45, 7) is 0. The first-order valence-corrected chi connectivity index (χ1v) is 8.13. The molecular weight excluding hydrogens is 299 g/mol. The number of nitrogens with zero attached hydrogens (tertiary/aromatic N) is 2. The van der Waals surface area contributed by atoms with Gasteiger partial charge in [-0.1, -0.05) is 0 Å². The molecule has 0 unspecified atom stereocenters. The summed E-state index contributed by atoms with van der Waals surface area (Å²) in [4.78, 5) is 4.76. The van der Waals surface area contributed by atoms with E-state index in [0.29, 0.717) is 11.0 Å². The number of hydrogen-bond acceptors (Lipinski definition) is 2. The molecule has 97 valence electrons. The maximum absolute atomic E-state index is 9.03. The van der Waals surface area contributed by atoms with Crippen LogP contribution in [0.1, 0.15) is 49.8 Å². The molecular formula is C16H17N2Se. The molecule has 4 aliphatic rings. The number of aromatic nitrogens is 1. The molecule has 0 atom stereocenters. The molecule has 1 aromatic rings. The van der Waals surface area contributed by atoms with E-state index in [9.17, 15) is 0 Å². The third-order valence-electron chi connectivity index (χ3n) is 5.56. The van der Waals surface area contributed by atoms with Gasteiger partial charge in [0.05, 0.1) is 0 Å². The third kappa shape index (κ3) is 1.77. The van der Waals surface area contributed by atoms with Gasteiger partial charge in [-0.15, -0.1) is 0 Å². The quantitative estimate of drug-likeness (QED) is 0.745. The fourth-order valence-electron chi connectivity index (χ4n) is 5.25. The van der Waals surface area contributed by atoms with Gasteiger partial charge in [-0.05, 0) is 0 Å². The molecule has 4 saturated carbocycles. The number of hydrogen-bond donors (Lipinski definition) is 0. The van der Waals surface area contributed by atoms with Crippen molar-refractivity contribution in [2.24, 2.45) is 17.8 Å². The van der Waals surface area contributed by atoms with E-state index in [1.165, 1.54) is 44.2 Å². The Labute approximate surface area is 122 Å². The van der Waals surface area contributed by atoms with Gasteiger partial charge in [0.1, 0.15) is 0 Å². The van der Waals surface area contributed by atoms with E-state index in [0.717, 1.165) is 22.3 Å². The van der Waals surface area contributed by atoms with Crippen LogP contribution in [0, 0.1) is 29.1 Å². The van der Waals surface area contributed by atoms with Gasteiger partial charge in [0.15, 0.2) is 0 Å². The van der Waals surface area contributed by atoms with Gasteiger partial charge >= 0.3 is 122 Å². The summed E-state index contributed by atoms with van der Waals surface area (Å²) in [5, 5.41) is 9.03. The molecule has 1 aromatic heterocycles. The Morgan fingerprint density at radius 1 is 1.11 bits per heavy atom. The molecule has 1 heterocycles. The summed E-state index contributed by atoms with van der Waals surface area (Å²) in [6.07, 6.45) is 8.37. The van der Waals surface area contributed by atoms with Crippen molar-refractivity contribution >= 4 is 20.6 Å². The monoisotopic (exact) mass is 317 g/mol. The van der Waals surface area contributed by atoms with Gasteiger partial charge in [0, 0.05) is 0 Å². The van der Waals surface area contributed by atoms with Crippen LogP contribution >= 0.6 is 0 Å². The Morgan fingerprint density at radius 2 is 1.68 bits per heavy atom. The Kier molecular flexibility index (Phi) is 2.56. The van der Waals surface area contributed by atoms with Crippen LogP contribution in [-0.4, -0.2) is 21.0 Å². The van der Waals surface area contributed by atoms with Gasteiger partial charge in [0.25, 0.3) is 0 Å². The average Bonchev–Trinajstić information content (AvgIpc) is 2.37. The second-order valence-corrected chi connectivity index (χ2v) is 7.67. The van der Waals surface area contributed by atoms with E-state index < -0.39 is 0 Å². The summed E-state index contributed by atoms with van der Waals surface area (Å²) in [5.41, 5.74) is 2.26. The maximum atomic E-state index is 9.03. The molecule has 4 bridgehead atoms. The summed E-state index contributed by atoms with van der Waals surface area (Å²) < 4.78 is 0.788. The fraction of sp³-hybridized carbons (Fsp3) is 0.625. The van der Waals surface area contributed by atoms with Crippen LogP contribution < -0.4 is 4.59 Å². The molecule has 3 heteroatoms. The number of rotatable bonds is 1. The van der Waals surface area contributed by atoms with Crippen molar-refractivity contribution in [1.29, 1.82) is 5.26 Å². The first kappa shape index (κ1) is 11.9. The van der Waals surface area contributed by atoms with E-state index >= 15 is 0 Å². The Bertz CT molecular complexity index is 537. The molecule has 4 aliphatic carbocycles. The zero-order valence-electron chi connectivity index (χ0n) is 10.9. The van der Waals surface area contributed by atoms with Crippen molar-refractivity contribution in [3.8, 4) is 6.07 Å². The van der Waals surface area contributed by atoms with E-state index in [1.807, 2.05) is 6.07 Å². The minimum atomic E-state index is 0.335. The van der Waals surface area contributed by atoms with Gasteiger partial charge in [-0.2, -0.15) is 0 Å². The molecule has 0 aliphatic heterocycles. The first-order valence-electron chi connectivity index (χ1n) is 7.27. The van der Waals surface area contributed by atoms with Gasteiger partial charge in [0.2, 0.25) is 0 Å². The van der Waals surface area contributed by atoms with Crippen molar-refractivity contribution in [3.05, 3.63) is 23.4 Å². The molecule has 0 N–H and O–H groups in total. The molecule has 5 rings (SSSR count). The van der Waals surface area contributed by atoms with Crippen LogP contribution in [-0.2, 0) is 5.41 Å². The second kappa shape index (κ2) is 4.08. The summed E-state index contributed by atoms with van der Waals surface area (Å²) in [7, 11) is 0. The van der Waals surface area contributed by atoms with E-state index in [-0.39, 0.29) is 0 Å². The zero-order chi connectivity index (χ0) is 13.0. The summed E-state index contributed by atoms with van der Waals surface area (Å²) in [5.74, 6) is 2.81.